The first-order chi connectivity index (χ1) is 13.3. The summed E-state index contributed by atoms with van der Waals surface area (Å²) in [6.07, 6.45) is 0. The fourth-order valence-electron chi connectivity index (χ4n) is 2.11. The number of hydrogen-bond acceptors (Lipinski definition) is 6. The highest BCUT2D eigenvalue weighted by molar-refractivity contribution is 7.13. The fraction of sp³-hybridized carbons (Fsp3) is 0.111. The molecule has 0 saturated carbocycles. The SMILES string of the molecule is Cc1nc(NC(=O)COC(=O)c2csc(-c3ccc(Cl)cc3)n2)c(Cl)cc1Cl. The maximum Gasteiger partial charge on any atom is 0.358 e. The zero-order chi connectivity index (χ0) is 20.3. The van der Waals surface area contributed by atoms with Gasteiger partial charge in [-0.05, 0) is 25.1 Å². The summed E-state index contributed by atoms with van der Waals surface area (Å²) < 4.78 is 5.00. The molecule has 10 heteroatoms. The van der Waals surface area contributed by atoms with E-state index in [4.69, 9.17) is 39.5 Å². The molecule has 0 bridgehead atoms. The Morgan fingerprint density at radius 3 is 2.54 bits per heavy atom. The number of carbonyl (C=O) groups is 2. The van der Waals surface area contributed by atoms with Crippen LogP contribution in [0.1, 0.15) is 16.2 Å². The number of esters is 1. The van der Waals surface area contributed by atoms with Gasteiger partial charge >= 0.3 is 5.97 Å². The van der Waals surface area contributed by atoms with Gasteiger partial charge in [-0.3, -0.25) is 4.79 Å². The van der Waals surface area contributed by atoms with Crippen LogP contribution in [0.4, 0.5) is 5.82 Å². The molecule has 0 aliphatic rings. The van der Waals surface area contributed by atoms with E-state index in [1.165, 1.54) is 17.4 Å². The first kappa shape index (κ1) is 20.5. The molecule has 28 heavy (non-hydrogen) atoms. The molecule has 1 aromatic carbocycles. The van der Waals surface area contributed by atoms with Gasteiger partial charge in [0.25, 0.3) is 5.91 Å². The van der Waals surface area contributed by atoms with Crippen LogP contribution in [0.25, 0.3) is 10.6 Å². The van der Waals surface area contributed by atoms with Crippen molar-refractivity contribution in [2.24, 2.45) is 0 Å². The molecular weight excluding hydrogens is 445 g/mol. The molecule has 1 N–H and O–H groups in total. The van der Waals surface area contributed by atoms with Crippen LogP contribution in [-0.4, -0.2) is 28.5 Å². The maximum absolute atomic E-state index is 12.1. The zero-order valence-electron chi connectivity index (χ0n) is 14.3. The Balaban J connectivity index is 1.59. The number of ether oxygens (including phenoxy) is 1. The fourth-order valence-corrected chi connectivity index (χ4v) is 3.44. The van der Waals surface area contributed by atoms with Gasteiger partial charge in [-0.25, -0.2) is 14.8 Å². The Bertz CT molecular complexity index is 1040. The lowest BCUT2D eigenvalue weighted by Gasteiger charge is -2.08. The van der Waals surface area contributed by atoms with Crippen LogP contribution >= 0.6 is 46.1 Å². The number of benzene rings is 1. The van der Waals surface area contributed by atoms with Gasteiger partial charge in [0.05, 0.1) is 15.7 Å². The number of amides is 1. The van der Waals surface area contributed by atoms with E-state index in [1.807, 2.05) is 0 Å². The van der Waals surface area contributed by atoms with Crippen LogP contribution < -0.4 is 5.32 Å². The highest BCUT2D eigenvalue weighted by Gasteiger charge is 2.16. The van der Waals surface area contributed by atoms with Crippen molar-refractivity contribution in [3.8, 4) is 10.6 Å². The molecule has 0 saturated heterocycles. The van der Waals surface area contributed by atoms with Gasteiger partial charge < -0.3 is 10.1 Å². The van der Waals surface area contributed by atoms with E-state index in [2.05, 4.69) is 15.3 Å². The number of aryl methyl sites for hydroxylation is 1. The van der Waals surface area contributed by atoms with Crippen LogP contribution in [-0.2, 0) is 9.53 Å². The van der Waals surface area contributed by atoms with Crippen molar-refractivity contribution < 1.29 is 14.3 Å². The molecule has 2 aromatic heterocycles. The lowest BCUT2D eigenvalue weighted by molar-refractivity contribution is -0.119. The van der Waals surface area contributed by atoms with Crippen LogP contribution in [0.2, 0.25) is 15.1 Å². The van der Waals surface area contributed by atoms with E-state index >= 15 is 0 Å². The van der Waals surface area contributed by atoms with Gasteiger partial charge in [-0.1, -0.05) is 46.9 Å². The van der Waals surface area contributed by atoms with Gasteiger partial charge in [0.15, 0.2) is 18.1 Å². The number of thiazole rings is 1. The van der Waals surface area contributed by atoms with E-state index in [9.17, 15) is 9.59 Å². The molecule has 144 valence electrons. The minimum Gasteiger partial charge on any atom is -0.451 e. The van der Waals surface area contributed by atoms with E-state index in [1.54, 1.807) is 36.6 Å². The topological polar surface area (TPSA) is 81.2 Å². The van der Waals surface area contributed by atoms with Crippen molar-refractivity contribution in [2.45, 2.75) is 6.92 Å². The van der Waals surface area contributed by atoms with Gasteiger partial charge in [-0.15, -0.1) is 11.3 Å². The average Bonchev–Trinajstić information content (AvgIpc) is 3.15. The average molecular weight is 457 g/mol. The molecule has 2 heterocycles. The summed E-state index contributed by atoms with van der Waals surface area (Å²) >= 11 is 19.0. The Morgan fingerprint density at radius 1 is 1.11 bits per heavy atom. The Kier molecular flexibility index (Phi) is 6.51. The molecule has 3 aromatic rings. The molecule has 0 aliphatic heterocycles. The Hall–Kier alpha value is -2.19. The number of anilines is 1. The third kappa shape index (κ3) is 4.99. The summed E-state index contributed by atoms with van der Waals surface area (Å²) in [5.74, 6) is -1.15. The molecular formula is C18H12Cl3N3O3S. The summed E-state index contributed by atoms with van der Waals surface area (Å²) in [7, 11) is 0. The van der Waals surface area contributed by atoms with E-state index in [0.717, 1.165) is 5.56 Å². The zero-order valence-corrected chi connectivity index (χ0v) is 17.4. The first-order valence-corrected chi connectivity index (χ1v) is 9.86. The molecule has 0 spiro atoms. The summed E-state index contributed by atoms with van der Waals surface area (Å²) in [4.78, 5) is 32.4. The van der Waals surface area contributed by atoms with Crippen LogP contribution in [0.5, 0.6) is 0 Å². The predicted octanol–water partition coefficient (Wildman–Crippen LogP) is 5.27. The lowest BCUT2D eigenvalue weighted by Crippen LogP contribution is -2.22. The van der Waals surface area contributed by atoms with Crippen LogP contribution in [0, 0.1) is 6.92 Å². The Labute approximate surface area is 179 Å². The second-order valence-electron chi connectivity index (χ2n) is 5.56. The number of carbonyl (C=O) groups excluding carboxylic acids is 2. The normalized spacial score (nSPS) is 10.6. The largest absolute Gasteiger partial charge is 0.451 e. The Morgan fingerprint density at radius 2 is 1.82 bits per heavy atom. The summed E-state index contributed by atoms with van der Waals surface area (Å²) in [5, 5.41) is 5.85. The van der Waals surface area contributed by atoms with Crippen LogP contribution in [0.3, 0.4) is 0 Å². The molecule has 0 aliphatic carbocycles. The highest BCUT2D eigenvalue weighted by Crippen LogP contribution is 2.26. The lowest BCUT2D eigenvalue weighted by atomic mass is 10.2. The number of halogens is 3. The first-order valence-electron chi connectivity index (χ1n) is 7.84. The van der Waals surface area contributed by atoms with Crippen LogP contribution in [0.15, 0.2) is 35.7 Å². The van der Waals surface area contributed by atoms with Crippen molar-refractivity contribution in [3.05, 3.63) is 62.2 Å². The van der Waals surface area contributed by atoms with Crippen molar-refractivity contribution >= 4 is 63.8 Å². The monoisotopic (exact) mass is 455 g/mol. The summed E-state index contributed by atoms with van der Waals surface area (Å²) in [5.41, 5.74) is 1.45. The third-order valence-corrected chi connectivity index (χ3v) is 5.32. The minimum atomic E-state index is -0.710. The second-order valence-corrected chi connectivity index (χ2v) is 7.66. The molecule has 3 rings (SSSR count). The predicted molar refractivity (Wildman–Crippen MR) is 110 cm³/mol. The van der Waals surface area contributed by atoms with E-state index in [-0.39, 0.29) is 16.5 Å². The summed E-state index contributed by atoms with van der Waals surface area (Å²) in [6, 6.07) is 8.54. The smallest absolute Gasteiger partial charge is 0.358 e. The molecule has 1 amide bonds. The van der Waals surface area contributed by atoms with Gasteiger partial charge in [-0.2, -0.15) is 0 Å². The number of rotatable bonds is 5. The quantitative estimate of drug-likeness (QED) is 0.529. The standard InChI is InChI=1S/C18H12Cl3N3O3S/c1-9-12(20)6-13(21)16(22-9)24-15(25)7-27-18(26)14-8-28-17(23-14)10-2-4-11(19)5-3-10/h2-6,8H,7H2,1H3,(H,22,24,25). The molecule has 0 unspecified atom stereocenters. The number of pyridine rings is 1. The minimum absolute atomic E-state index is 0.112. The van der Waals surface area contributed by atoms with E-state index < -0.39 is 18.5 Å². The molecule has 6 nitrogen and oxygen atoms in total. The van der Waals surface area contributed by atoms with Crippen molar-refractivity contribution in [2.75, 3.05) is 11.9 Å². The maximum atomic E-state index is 12.1. The second kappa shape index (κ2) is 8.87. The highest BCUT2D eigenvalue weighted by atomic mass is 35.5. The third-order valence-electron chi connectivity index (χ3n) is 3.50. The van der Waals surface area contributed by atoms with Crippen molar-refractivity contribution in [3.63, 3.8) is 0 Å². The number of aromatic nitrogens is 2. The van der Waals surface area contributed by atoms with Gasteiger partial charge in [0, 0.05) is 16.0 Å². The van der Waals surface area contributed by atoms with E-state index in [0.29, 0.717) is 20.7 Å². The number of nitrogens with zero attached hydrogens (tertiary/aromatic N) is 2. The van der Waals surface area contributed by atoms with Gasteiger partial charge in [0.1, 0.15) is 5.01 Å². The molecule has 0 fully saturated rings. The van der Waals surface area contributed by atoms with Crippen molar-refractivity contribution in [1.29, 1.82) is 0 Å². The molecule has 0 radical (unpaired) electrons. The summed E-state index contributed by atoms with van der Waals surface area (Å²) in [6.45, 7) is 1.17. The number of nitrogens with one attached hydrogen (secondary N) is 1. The van der Waals surface area contributed by atoms with Crippen molar-refractivity contribution in [1.82, 2.24) is 9.97 Å². The number of hydrogen-bond donors (Lipinski definition) is 1. The van der Waals surface area contributed by atoms with Gasteiger partial charge in [0.2, 0.25) is 0 Å². The molecule has 0 atom stereocenters.